The fourth-order valence-corrected chi connectivity index (χ4v) is 5.79. The standard InChI is InChI=1S/C23H22N6OS3/c1-16-20(17(2)29(28-16)19-11-7-4-8-12-19)13-24-25-21(30)15-32-23-27-26-22(33-23)31-14-18-9-5-3-6-10-18/h3-13H,14-15H2,1-2H3,(H,25,30). The quantitative estimate of drug-likeness (QED) is 0.203. The number of thioether (sulfide) groups is 2. The normalized spacial score (nSPS) is 11.2. The SMILES string of the molecule is Cc1nn(-c2ccccc2)c(C)c1C=NNC(=O)CSc1nnc(SCc2ccccc2)s1. The highest BCUT2D eigenvalue weighted by Gasteiger charge is 2.12. The molecule has 2 aromatic carbocycles. The summed E-state index contributed by atoms with van der Waals surface area (Å²) in [6.07, 6.45) is 1.64. The first-order chi connectivity index (χ1) is 16.1. The van der Waals surface area contributed by atoms with Gasteiger partial charge in [-0.3, -0.25) is 4.79 Å². The summed E-state index contributed by atoms with van der Waals surface area (Å²) in [6, 6.07) is 20.1. The Hall–Kier alpha value is -2.95. The molecule has 0 spiro atoms. The van der Waals surface area contributed by atoms with E-state index in [4.69, 9.17) is 0 Å². The summed E-state index contributed by atoms with van der Waals surface area (Å²) in [7, 11) is 0. The zero-order chi connectivity index (χ0) is 23.0. The predicted molar refractivity (Wildman–Crippen MR) is 135 cm³/mol. The highest BCUT2D eigenvalue weighted by Crippen LogP contribution is 2.30. The van der Waals surface area contributed by atoms with Crippen molar-refractivity contribution in [3.8, 4) is 5.69 Å². The van der Waals surface area contributed by atoms with Gasteiger partial charge in [0.1, 0.15) is 0 Å². The Labute approximate surface area is 204 Å². The third-order valence-electron chi connectivity index (χ3n) is 4.65. The lowest BCUT2D eigenvalue weighted by Crippen LogP contribution is -2.19. The molecule has 33 heavy (non-hydrogen) atoms. The number of para-hydroxylation sites is 1. The van der Waals surface area contributed by atoms with Crippen LogP contribution < -0.4 is 5.43 Å². The van der Waals surface area contributed by atoms with Crippen LogP contribution in [0.1, 0.15) is 22.5 Å². The molecule has 10 heteroatoms. The topological polar surface area (TPSA) is 85.1 Å². The molecule has 0 aliphatic heterocycles. The Morgan fingerprint density at radius 3 is 2.42 bits per heavy atom. The number of hydrazone groups is 1. The molecular formula is C23H22N6OS3. The monoisotopic (exact) mass is 494 g/mol. The lowest BCUT2D eigenvalue weighted by Gasteiger charge is -2.03. The fraction of sp³-hybridized carbons (Fsp3) is 0.174. The smallest absolute Gasteiger partial charge is 0.250 e. The van der Waals surface area contributed by atoms with E-state index in [0.717, 1.165) is 37.1 Å². The van der Waals surface area contributed by atoms with Crippen molar-refractivity contribution in [1.29, 1.82) is 0 Å². The number of benzene rings is 2. The number of hydrogen-bond acceptors (Lipinski definition) is 8. The second-order valence-electron chi connectivity index (χ2n) is 7.02. The van der Waals surface area contributed by atoms with E-state index in [-0.39, 0.29) is 11.7 Å². The number of nitrogens with one attached hydrogen (secondary N) is 1. The van der Waals surface area contributed by atoms with Gasteiger partial charge >= 0.3 is 0 Å². The summed E-state index contributed by atoms with van der Waals surface area (Å²) in [4.78, 5) is 12.2. The molecule has 4 aromatic rings. The molecular weight excluding hydrogens is 472 g/mol. The minimum atomic E-state index is -0.198. The van der Waals surface area contributed by atoms with Crippen LogP contribution in [0.3, 0.4) is 0 Å². The number of carbonyl (C=O) groups excluding carboxylic acids is 1. The van der Waals surface area contributed by atoms with Crippen molar-refractivity contribution < 1.29 is 4.79 Å². The molecule has 1 N–H and O–H groups in total. The lowest BCUT2D eigenvalue weighted by molar-refractivity contribution is -0.118. The van der Waals surface area contributed by atoms with Crippen molar-refractivity contribution in [2.24, 2.45) is 5.10 Å². The molecule has 0 aliphatic carbocycles. The van der Waals surface area contributed by atoms with Crippen LogP contribution in [0.25, 0.3) is 5.69 Å². The number of rotatable bonds is 9. The molecule has 0 unspecified atom stereocenters. The van der Waals surface area contributed by atoms with Gasteiger partial charge in [0.25, 0.3) is 5.91 Å². The third-order valence-corrected chi connectivity index (χ3v) is 7.91. The molecule has 0 bridgehead atoms. The van der Waals surface area contributed by atoms with E-state index in [1.807, 2.05) is 67.1 Å². The van der Waals surface area contributed by atoms with Crippen molar-refractivity contribution in [3.05, 3.63) is 83.2 Å². The minimum absolute atomic E-state index is 0.198. The average Bonchev–Trinajstić information content (AvgIpc) is 3.42. The van der Waals surface area contributed by atoms with E-state index >= 15 is 0 Å². The van der Waals surface area contributed by atoms with Gasteiger partial charge in [0.05, 0.1) is 29.0 Å². The van der Waals surface area contributed by atoms with Crippen LogP contribution in [-0.2, 0) is 10.5 Å². The van der Waals surface area contributed by atoms with E-state index in [0.29, 0.717) is 0 Å². The second kappa shape index (κ2) is 11.3. The molecule has 0 fully saturated rings. The number of amides is 1. The van der Waals surface area contributed by atoms with Gasteiger partial charge in [0.2, 0.25) is 0 Å². The van der Waals surface area contributed by atoms with Gasteiger partial charge in [-0.05, 0) is 31.5 Å². The Morgan fingerprint density at radius 2 is 1.70 bits per heavy atom. The predicted octanol–water partition coefficient (Wildman–Crippen LogP) is 4.88. The Morgan fingerprint density at radius 1 is 1.03 bits per heavy atom. The van der Waals surface area contributed by atoms with E-state index < -0.39 is 0 Å². The molecule has 0 aliphatic rings. The van der Waals surface area contributed by atoms with Crippen LogP contribution in [0.15, 0.2) is 74.4 Å². The Bertz CT molecular complexity index is 1240. The van der Waals surface area contributed by atoms with Crippen molar-refractivity contribution in [2.75, 3.05) is 5.75 Å². The van der Waals surface area contributed by atoms with Crippen LogP contribution >= 0.6 is 34.9 Å². The maximum absolute atomic E-state index is 12.2. The van der Waals surface area contributed by atoms with E-state index in [9.17, 15) is 4.79 Å². The summed E-state index contributed by atoms with van der Waals surface area (Å²) in [6.45, 7) is 3.91. The Kier molecular flexibility index (Phi) is 7.92. The molecule has 2 aromatic heterocycles. The van der Waals surface area contributed by atoms with Crippen molar-refractivity contribution in [2.45, 2.75) is 28.3 Å². The largest absolute Gasteiger partial charge is 0.272 e. The van der Waals surface area contributed by atoms with Gasteiger partial charge in [-0.25, -0.2) is 10.1 Å². The number of aromatic nitrogens is 4. The van der Waals surface area contributed by atoms with Gasteiger partial charge in [0.15, 0.2) is 8.68 Å². The van der Waals surface area contributed by atoms with Crippen LogP contribution in [0, 0.1) is 13.8 Å². The molecule has 0 radical (unpaired) electrons. The molecule has 0 saturated carbocycles. The molecule has 1 amide bonds. The Balaban J connectivity index is 1.26. The minimum Gasteiger partial charge on any atom is -0.272 e. The summed E-state index contributed by atoms with van der Waals surface area (Å²) in [5, 5.41) is 17.1. The average molecular weight is 495 g/mol. The zero-order valence-electron chi connectivity index (χ0n) is 18.1. The van der Waals surface area contributed by atoms with Crippen LogP contribution in [0.2, 0.25) is 0 Å². The summed E-state index contributed by atoms with van der Waals surface area (Å²) in [5.74, 6) is 0.863. The second-order valence-corrected chi connectivity index (χ2v) is 10.4. The molecule has 4 rings (SSSR count). The van der Waals surface area contributed by atoms with E-state index in [1.165, 1.54) is 28.7 Å². The van der Waals surface area contributed by atoms with Crippen LogP contribution in [0.4, 0.5) is 0 Å². The first-order valence-corrected chi connectivity index (χ1v) is 13.0. The first kappa shape index (κ1) is 23.2. The van der Waals surface area contributed by atoms with Crippen molar-refractivity contribution in [3.63, 3.8) is 0 Å². The molecule has 7 nitrogen and oxygen atoms in total. The van der Waals surface area contributed by atoms with Gasteiger partial charge in [0, 0.05) is 11.3 Å². The van der Waals surface area contributed by atoms with Crippen molar-refractivity contribution in [1.82, 2.24) is 25.4 Å². The highest BCUT2D eigenvalue weighted by atomic mass is 32.2. The lowest BCUT2D eigenvalue weighted by atomic mass is 10.2. The fourth-order valence-electron chi connectivity index (χ4n) is 3.02. The highest BCUT2D eigenvalue weighted by molar-refractivity contribution is 8.03. The number of carbonyl (C=O) groups is 1. The van der Waals surface area contributed by atoms with Crippen molar-refractivity contribution >= 4 is 47.0 Å². The molecule has 2 heterocycles. The van der Waals surface area contributed by atoms with Gasteiger partial charge in [-0.2, -0.15) is 10.2 Å². The number of nitrogens with zero attached hydrogens (tertiary/aromatic N) is 5. The maximum atomic E-state index is 12.2. The van der Waals surface area contributed by atoms with Gasteiger partial charge in [-0.1, -0.05) is 83.4 Å². The first-order valence-electron chi connectivity index (χ1n) is 10.2. The van der Waals surface area contributed by atoms with Gasteiger partial charge in [-0.15, -0.1) is 10.2 Å². The maximum Gasteiger partial charge on any atom is 0.250 e. The molecule has 168 valence electrons. The van der Waals surface area contributed by atoms with E-state index in [1.54, 1.807) is 18.0 Å². The summed E-state index contributed by atoms with van der Waals surface area (Å²) < 4.78 is 3.53. The molecule has 0 atom stereocenters. The number of hydrogen-bond donors (Lipinski definition) is 1. The number of aryl methyl sites for hydroxylation is 1. The summed E-state index contributed by atoms with van der Waals surface area (Å²) in [5.41, 5.74) is 7.49. The van der Waals surface area contributed by atoms with Crippen LogP contribution in [0.5, 0.6) is 0 Å². The molecule has 0 saturated heterocycles. The third kappa shape index (κ3) is 6.31. The van der Waals surface area contributed by atoms with Gasteiger partial charge < -0.3 is 0 Å². The van der Waals surface area contributed by atoms with Crippen LogP contribution in [-0.4, -0.2) is 37.9 Å². The zero-order valence-corrected chi connectivity index (χ0v) is 20.6. The summed E-state index contributed by atoms with van der Waals surface area (Å²) >= 11 is 4.49. The van der Waals surface area contributed by atoms with E-state index in [2.05, 4.69) is 38.0 Å².